The lowest BCUT2D eigenvalue weighted by Gasteiger charge is -2.35. The number of methoxy groups -OCH3 is 2. The fraction of sp³-hybridized carbons (Fsp3) is 0.650. The number of amides is 1. The van der Waals surface area contributed by atoms with Crippen molar-refractivity contribution < 1.29 is 14.3 Å². The summed E-state index contributed by atoms with van der Waals surface area (Å²) >= 11 is 0. The van der Waals surface area contributed by atoms with Crippen molar-refractivity contribution in [3.63, 3.8) is 0 Å². The molecule has 1 heterocycles. The zero-order valence-corrected chi connectivity index (χ0v) is 16.0. The third kappa shape index (κ3) is 5.92. The summed E-state index contributed by atoms with van der Waals surface area (Å²) in [5, 5.41) is 3.11. The fourth-order valence-electron chi connectivity index (χ4n) is 3.44. The molecule has 5 heteroatoms. The van der Waals surface area contributed by atoms with Gasteiger partial charge in [-0.25, -0.2) is 0 Å². The van der Waals surface area contributed by atoms with Gasteiger partial charge >= 0.3 is 0 Å². The Kier molecular flexibility index (Phi) is 7.56. The maximum atomic E-state index is 12.6. The average Bonchev–Trinajstić information content (AvgIpc) is 2.64. The van der Waals surface area contributed by atoms with Crippen LogP contribution in [-0.4, -0.2) is 50.7 Å². The summed E-state index contributed by atoms with van der Waals surface area (Å²) in [6.07, 6.45) is 4.94. The summed E-state index contributed by atoms with van der Waals surface area (Å²) in [4.78, 5) is 15.2. The number of carbonyl (C=O) groups excluding carboxylic acids is 1. The average molecular weight is 348 g/mol. The molecule has 1 N–H and O–H groups in total. The molecule has 0 bridgehead atoms. The minimum atomic E-state index is -0.0806. The van der Waals surface area contributed by atoms with E-state index in [1.54, 1.807) is 32.4 Å². The van der Waals surface area contributed by atoms with Crippen LogP contribution in [0.2, 0.25) is 0 Å². The number of carbonyl (C=O) groups is 1. The van der Waals surface area contributed by atoms with Gasteiger partial charge in [-0.1, -0.05) is 20.3 Å². The standard InChI is InChI=1S/C20H32N2O3/c1-15(2)10-17(22-8-6-5-7-9-22)14-21-20(23)16-11-18(24-3)13-19(12-16)25-4/h11-13,15,17H,5-10,14H2,1-4H3,(H,21,23). The van der Waals surface area contributed by atoms with E-state index in [1.807, 2.05) is 0 Å². The molecule has 1 aromatic rings. The maximum absolute atomic E-state index is 12.6. The first-order chi connectivity index (χ1) is 12.0. The number of rotatable bonds is 8. The summed E-state index contributed by atoms with van der Waals surface area (Å²) in [6.45, 7) is 7.44. The van der Waals surface area contributed by atoms with Gasteiger partial charge in [-0.2, -0.15) is 0 Å². The van der Waals surface area contributed by atoms with E-state index in [4.69, 9.17) is 9.47 Å². The van der Waals surface area contributed by atoms with Gasteiger partial charge in [-0.15, -0.1) is 0 Å². The summed E-state index contributed by atoms with van der Waals surface area (Å²) in [7, 11) is 3.18. The molecular weight excluding hydrogens is 316 g/mol. The monoisotopic (exact) mass is 348 g/mol. The highest BCUT2D eigenvalue weighted by Gasteiger charge is 2.22. The molecule has 1 fully saturated rings. The lowest BCUT2D eigenvalue weighted by atomic mass is 9.99. The lowest BCUT2D eigenvalue weighted by Crippen LogP contribution is -2.46. The first-order valence-corrected chi connectivity index (χ1v) is 9.28. The van der Waals surface area contributed by atoms with E-state index >= 15 is 0 Å². The molecule has 0 aromatic heterocycles. The van der Waals surface area contributed by atoms with Gasteiger partial charge in [0.25, 0.3) is 5.91 Å². The third-order valence-corrected chi connectivity index (χ3v) is 4.76. The molecule has 1 aliphatic rings. The Balaban J connectivity index is 2.02. The predicted octanol–water partition coefficient (Wildman–Crippen LogP) is 3.33. The summed E-state index contributed by atoms with van der Waals surface area (Å²) in [6, 6.07) is 5.66. The van der Waals surface area contributed by atoms with Crippen molar-refractivity contribution in [3.05, 3.63) is 23.8 Å². The van der Waals surface area contributed by atoms with Crippen molar-refractivity contribution in [2.24, 2.45) is 5.92 Å². The highest BCUT2D eigenvalue weighted by Crippen LogP contribution is 2.23. The molecular formula is C20H32N2O3. The van der Waals surface area contributed by atoms with Gasteiger partial charge in [0.2, 0.25) is 0 Å². The summed E-state index contributed by atoms with van der Waals surface area (Å²) in [5.41, 5.74) is 0.568. The Morgan fingerprint density at radius 2 is 1.68 bits per heavy atom. The number of nitrogens with one attached hydrogen (secondary N) is 1. The number of piperidine rings is 1. The van der Waals surface area contributed by atoms with Crippen LogP contribution in [0.5, 0.6) is 11.5 Å². The highest BCUT2D eigenvalue weighted by atomic mass is 16.5. The second-order valence-electron chi connectivity index (χ2n) is 7.19. The van der Waals surface area contributed by atoms with Gasteiger partial charge < -0.3 is 14.8 Å². The van der Waals surface area contributed by atoms with Gasteiger partial charge in [0.1, 0.15) is 11.5 Å². The van der Waals surface area contributed by atoms with E-state index in [0.717, 1.165) is 19.5 Å². The molecule has 0 spiro atoms. The van der Waals surface area contributed by atoms with Crippen LogP contribution in [0, 0.1) is 5.92 Å². The molecule has 0 saturated carbocycles. The SMILES string of the molecule is COc1cc(OC)cc(C(=O)NCC(CC(C)C)N2CCCCC2)c1. The number of ether oxygens (including phenoxy) is 2. The zero-order chi connectivity index (χ0) is 18.2. The van der Waals surface area contributed by atoms with Crippen molar-refractivity contribution in [1.29, 1.82) is 0 Å². The minimum Gasteiger partial charge on any atom is -0.497 e. The molecule has 1 atom stereocenters. The summed E-state index contributed by atoms with van der Waals surface area (Å²) < 4.78 is 10.5. The van der Waals surface area contributed by atoms with E-state index in [-0.39, 0.29) is 5.91 Å². The van der Waals surface area contributed by atoms with E-state index in [2.05, 4.69) is 24.1 Å². The largest absolute Gasteiger partial charge is 0.497 e. The number of hydrogen-bond acceptors (Lipinski definition) is 4. The van der Waals surface area contributed by atoms with Crippen LogP contribution in [0.3, 0.4) is 0 Å². The summed E-state index contributed by atoms with van der Waals surface area (Å²) in [5.74, 6) is 1.78. The predicted molar refractivity (Wildman–Crippen MR) is 101 cm³/mol. The van der Waals surface area contributed by atoms with Crippen molar-refractivity contribution >= 4 is 5.91 Å². The minimum absolute atomic E-state index is 0.0806. The normalized spacial score (nSPS) is 16.5. The second kappa shape index (κ2) is 9.66. The Hall–Kier alpha value is -1.75. The van der Waals surface area contributed by atoms with Crippen molar-refractivity contribution in [1.82, 2.24) is 10.2 Å². The first-order valence-electron chi connectivity index (χ1n) is 9.28. The molecule has 0 radical (unpaired) electrons. The smallest absolute Gasteiger partial charge is 0.251 e. The maximum Gasteiger partial charge on any atom is 0.251 e. The number of nitrogens with zero attached hydrogens (tertiary/aromatic N) is 1. The molecule has 25 heavy (non-hydrogen) atoms. The lowest BCUT2D eigenvalue weighted by molar-refractivity contribution is 0.0912. The quantitative estimate of drug-likeness (QED) is 0.783. The van der Waals surface area contributed by atoms with Gasteiger partial charge in [0.05, 0.1) is 14.2 Å². The van der Waals surface area contributed by atoms with Gasteiger partial charge in [-0.05, 0) is 50.4 Å². The van der Waals surface area contributed by atoms with E-state index in [9.17, 15) is 4.79 Å². The molecule has 2 rings (SSSR count). The molecule has 0 aliphatic carbocycles. The van der Waals surface area contributed by atoms with Crippen LogP contribution >= 0.6 is 0 Å². The van der Waals surface area contributed by atoms with Crippen LogP contribution < -0.4 is 14.8 Å². The van der Waals surface area contributed by atoms with Crippen LogP contribution in [0.15, 0.2) is 18.2 Å². The van der Waals surface area contributed by atoms with Gasteiger partial charge in [-0.3, -0.25) is 9.69 Å². The molecule has 1 unspecified atom stereocenters. The van der Waals surface area contributed by atoms with Gasteiger partial charge in [0.15, 0.2) is 0 Å². The van der Waals surface area contributed by atoms with Crippen molar-refractivity contribution in [2.45, 2.75) is 45.6 Å². The Morgan fingerprint density at radius 1 is 1.08 bits per heavy atom. The highest BCUT2D eigenvalue weighted by molar-refractivity contribution is 5.95. The Morgan fingerprint density at radius 3 is 2.20 bits per heavy atom. The van der Waals surface area contributed by atoms with Crippen molar-refractivity contribution in [2.75, 3.05) is 33.9 Å². The molecule has 1 aromatic carbocycles. The fourth-order valence-corrected chi connectivity index (χ4v) is 3.44. The van der Waals surface area contributed by atoms with Crippen LogP contribution in [-0.2, 0) is 0 Å². The van der Waals surface area contributed by atoms with Crippen LogP contribution in [0.1, 0.15) is 49.9 Å². The van der Waals surface area contributed by atoms with E-state index in [1.165, 1.54) is 19.3 Å². The zero-order valence-electron chi connectivity index (χ0n) is 16.0. The molecule has 140 valence electrons. The second-order valence-corrected chi connectivity index (χ2v) is 7.19. The topological polar surface area (TPSA) is 50.8 Å². The number of benzene rings is 1. The number of hydrogen-bond donors (Lipinski definition) is 1. The van der Waals surface area contributed by atoms with E-state index in [0.29, 0.717) is 35.6 Å². The number of likely N-dealkylation sites (tertiary alicyclic amines) is 1. The molecule has 1 amide bonds. The van der Waals surface area contributed by atoms with Crippen molar-refractivity contribution in [3.8, 4) is 11.5 Å². The van der Waals surface area contributed by atoms with Crippen LogP contribution in [0.25, 0.3) is 0 Å². The Bertz CT molecular complexity index is 532. The molecule has 1 saturated heterocycles. The van der Waals surface area contributed by atoms with Gasteiger partial charge in [0, 0.05) is 24.2 Å². The third-order valence-electron chi connectivity index (χ3n) is 4.76. The van der Waals surface area contributed by atoms with Crippen LogP contribution in [0.4, 0.5) is 0 Å². The molecule has 1 aliphatic heterocycles. The first kappa shape index (κ1) is 19.6. The Labute approximate surface area is 151 Å². The molecule has 5 nitrogen and oxygen atoms in total. The van der Waals surface area contributed by atoms with E-state index < -0.39 is 0 Å².